The molecule has 174 valence electrons. The Bertz CT molecular complexity index is 1220. The molecule has 7 heteroatoms. The highest BCUT2D eigenvalue weighted by atomic mass is 16.5. The van der Waals surface area contributed by atoms with Crippen molar-refractivity contribution in [2.45, 2.75) is 32.5 Å². The van der Waals surface area contributed by atoms with Crippen molar-refractivity contribution in [3.63, 3.8) is 0 Å². The predicted octanol–water partition coefficient (Wildman–Crippen LogP) is 4.50. The van der Waals surface area contributed by atoms with Crippen molar-refractivity contribution in [2.24, 2.45) is 0 Å². The zero-order valence-corrected chi connectivity index (χ0v) is 19.3. The molecule has 1 fully saturated rings. The minimum Gasteiger partial charge on any atom is -0.507 e. The van der Waals surface area contributed by atoms with Crippen LogP contribution >= 0.6 is 0 Å². The lowest BCUT2D eigenvalue weighted by atomic mass is 9.94. The SMILES string of the molecule is COc1ccccc1[C@H]1/C(=C(\O)c2ccc(OC(C)C)cc2)C(=O)C(=O)N1Cc1cccnc1. The highest BCUT2D eigenvalue weighted by Gasteiger charge is 2.47. The molecule has 1 amide bonds. The molecule has 1 aliphatic rings. The van der Waals surface area contributed by atoms with Gasteiger partial charge in [0, 0.05) is 30.1 Å². The summed E-state index contributed by atoms with van der Waals surface area (Å²) in [6.45, 7) is 3.99. The summed E-state index contributed by atoms with van der Waals surface area (Å²) in [7, 11) is 1.53. The zero-order valence-electron chi connectivity index (χ0n) is 19.3. The van der Waals surface area contributed by atoms with Gasteiger partial charge >= 0.3 is 0 Å². The highest BCUT2D eigenvalue weighted by molar-refractivity contribution is 6.46. The third-order valence-corrected chi connectivity index (χ3v) is 5.55. The fourth-order valence-electron chi connectivity index (χ4n) is 4.07. The fraction of sp³-hybridized carbons (Fsp3) is 0.222. The van der Waals surface area contributed by atoms with Crippen molar-refractivity contribution in [3.8, 4) is 11.5 Å². The van der Waals surface area contributed by atoms with Crippen molar-refractivity contribution in [2.75, 3.05) is 7.11 Å². The number of ether oxygens (including phenoxy) is 2. The van der Waals surface area contributed by atoms with Gasteiger partial charge in [-0.25, -0.2) is 0 Å². The van der Waals surface area contributed by atoms with E-state index in [0.29, 0.717) is 22.6 Å². The van der Waals surface area contributed by atoms with Crippen LogP contribution in [0.15, 0.2) is 78.6 Å². The van der Waals surface area contributed by atoms with Gasteiger partial charge in [-0.15, -0.1) is 0 Å². The monoisotopic (exact) mass is 458 g/mol. The molecule has 34 heavy (non-hydrogen) atoms. The number of hydrogen-bond donors (Lipinski definition) is 1. The molecule has 0 unspecified atom stereocenters. The van der Waals surface area contributed by atoms with Crippen LogP contribution in [0.1, 0.15) is 36.6 Å². The number of para-hydroxylation sites is 1. The number of Topliss-reactive ketones (excluding diaryl/α,β-unsaturated/α-hetero) is 1. The molecule has 7 nitrogen and oxygen atoms in total. The number of ketones is 1. The largest absolute Gasteiger partial charge is 0.507 e. The van der Waals surface area contributed by atoms with E-state index < -0.39 is 17.7 Å². The molecule has 1 aromatic heterocycles. The van der Waals surface area contributed by atoms with Crippen LogP contribution in [0.3, 0.4) is 0 Å². The van der Waals surface area contributed by atoms with Crippen molar-refractivity contribution < 1.29 is 24.2 Å². The molecule has 0 spiro atoms. The van der Waals surface area contributed by atoms with Gasteiger partial charge in [-0.2, -0.15) is 0 Å². The minimum absolute atomic E-state index is 0.00259. The third kappa shape index (κ3) is 4.50. The standard InChI is InChI=1S/C27H26N2O5/c1-17(2)34-20-12-10-19(11-13-20)25(30)23-24(21-8-4-5-9-22(21)33-3)29(27(32)26(23)31)16-18-7-6-14-28-15-18/h4-15,17,24,30H,16H2,1-3H3/b25-23+/t24-/m0/s1. The van der Waals surface area contributed by atoms with Gasteiger partial charge in [-0.05, 0) is 55.8 Å². The molecule has 1 aliphatic heterocycles. The Morgan fingerprint density at radius 2 is 1.79 bits per heavy atom. The summed E-state index contributed by atoms with van der Waals surface area (Å²) in [4.78, 5) is 31.9. The normalized spacial score (nSPS) is 17.3. The molecule has 1 saturated heterocycles. The number of aromatic nitrogens is 1. The molecule has 1 N–H and O–H groups in total. The maximum Gasteiger partial charge on any atom is 0.295 e. The van der Waals surface area contributed by atoms with Gasteiger partial charge in [-0.3, -0.25) is 14.6 Å². The second-order valence-electron chi connectivity index (χ2n) is 8.22. The zero-order chi connectivity index (χ0) is 24.2. The van der Waals surface area contributed by atoms with Crippen LogP contribution in [0.25, 0.3) is 5.76 Å². The van der Waals surface area contributed by atoms with Gasteiger partial charge in [0.1, 0.15) is 17.3 Å². The lowest BCUT2D eigenvalue weighted by molar-refractivity contribution is -0.140. The second-order valence-corrected chi connectivity index (χ2v) is 8.22. The number of aliphatic hydroxyl groups is 1. The van der Waals surface area contributed by atoms with E-state index in [2.05, 4.69) is 4.98 Å². The van der Waals surface area contributed by atoms with Gasteiger partial charge in [-0.1, -0.05) is 24.3 Å². The van der Waals surface area contributed by atoms with E-state index >= 15 is 0 Å². The van der Waals surface area contributed by atoms with E-state index in [1.54, 1.807) is 60.9 Å². The average molecular weight is 459 g/mol. The van der Waals surface area contributed by atoms with Crippen LogP contribution in [-0.4, -0.2) is 39.9 Å². The third-order valence-electron chi connectivity index (χ3n) is 5.55. The molecule has 0 saturated carbocycles. The Kier molecular flexibility index (Phi) is 6.63. The number of carbonyl (C=O) groups excluding carboxylic acids is 2. The molecule has 1 atom stereocenters. The molecule has 0 aliphatic carbocycles. The van der Waals surface area contributed by atoms with E-state index in [0.717, 1.165) is 5.56 Å². The van der Waals surface area contributed by atoms with Gasteiger partial charge in [0.2, 0.25) is 0 Å². The lowest BCUT2D eigenvalue weighted by Gasteiger charge is -2.26. The first-order valence-electron chi connectivity index (χ1n) is 11.0. The van der Waals surface area contributed by atoms with Gasteiger partial charge in [0.05, 0.1) is 24.8 Å². The fourth-order valence-corrected chi connectivity index (χ4v) is 4.07. The second kappa shape index (κ2) is 9.79. The molecular weight excluding hydrogens is 432 g/mol. The summed E-state index contributed by atoms with van der Waals surface area (Å²) >= 11 is 0. The number of pyridine rings is 1. The summed E-state index contributed by atoms with van der Waals surface area (Å²) < 4.78 is 11.2. The molecule has 3 aromatic rings. The van der Waals surface area contributed by atoms with Crippen molar-refractivity contribution in [1.82, 2.24) is 9.88 Å². The van der Waals surface area contributed by atoms with Crippen molar-refractivity contribution in [3.05, 3.63) is 95.3 Å². The summed E-state index contributed by atoms with van der Waals surface area (Å²) in [5.41, 5.74) is 1.79. The van der Waals surface area contributed by atoms with E-state index in [1.807, 2.05) is 26.0 Å². The summed E-state index contributed by atoms with van der Waals surface area (Å²) in [6.07, 6.45) is 3.29. The van der Waals surface area contributed by atoms with Crippen LogP contribution in [-0.2, 0) is 16.1 Å². The number of methoxy groups -OCH3 is 1. The summed E-state index contributed by atoms with van der Waals surface area (Å²) in [5, 5.41) is 11.2. The van der Waals surface area contributed by atoms with E-state index in [9.17, 15) is 14.7 Å². The van der Waals surface area contributed by atoms with E-state index in [4.69, 9.17) is 9.47 Å². The highest BCUT2D eigenvalue weighted by Crippen LogP contribution is 2.43. The summed E-state index contributed by atoms with van der Waals surface area (Å²) in [5.74, 6) is -0.540. The number of rotatable bonds is 7. The minimum atomic E-state index is -0.831. The van der Waals surface area contributed by atoms with E-state index in [1.165, 1.54) is 12.0 Å². The van der Waals surface area contributed by atoms with Crippen LogP contribution in [0.4, 0.5) is 0 Å². The smallest absolute Gasteiger partial charge is 0.295 e. The number of nitrogens with zero attached hydrogens (tertiary/aromatic N) is 2. The molecule has 2 aromatic carbocycles. The number of carbonyl (C=O) groups is 2. The number of benzene rings is 2. The van der Waals surface area contributed by atoms with Gasteiger partial charge in [0.15, 0.2) is 0 Å². The van der Waals surface area contributed by atoms with Gasteiger partial charge < -0.3 is 19.5 Å². The number of aliphatic hydroxyl groups excluding tert-OH is 1. The Morgan fingerprint density at radius 1 is 1.06 bits per heavy atom. The molecule has 0 radical (unpaired) electrons. The predicted molar refractivity (Wildman–Crippen MR) is 127 cm³/mol. The summed E-state index contributed by atoms with van der Waals surface area (Å²) in [6, 6.07) is 16.7. The molecule has 0 bridgehead atoms. The molecule has 2 heterocycles. The van der Waals surface area contributed by atoms with E-state index in [-0.39, 0.29) is 24.0 Å². The van der Waals surface area contributed by atoms with Crippen LogP contribution in [0.5, 0.6) is 11.5 Å². The molecular formula is C27H26N2O5. The maximum absolute atomic E-state index is 13.2. The first-order chi connectivity index (χ1) is 16.4. The first kappa shape index (κ1) is 23.0. The van der Waals surface area contributed by atoms with Crippen LogP contribution < -0.4 is 9.47 Å². The quantitative estimate of drug-likeness (QED) is 0.319. The number of hydrogen-bond acceptors (Lipinski definition) is 6. The Hall–Kier alpha value is -4.13. The topological polar surface area (TPSA) is 89.0 Å². The molecule has 4 rings (SSSR count). The number of likely N-dealkylation sites (tertiary alicyclic amines) is 1. The first-order valence-corrected chi connectivity index (χ1v) is 11.0. The van der Waals surface area contributed by atoms with Crippen molar-refractivity contribution in [1.29, 1.82) is 0 Å². The van der Waals surface area contributed by atoms with Crippen LogP contribution in [0, 0.1) is 0 Å². The van der Waals surface area contributed by atoms with Crippen molar-refractivity contribution >= 4 is 17.4 Å². The Balaban J connectivity index is 1.83. The average Bonchev–Trinajstić information content (AvgIpc) is 3.09. The Labute approximate surface area is 198 Å². The van der Waals surface area contributed by atoms with Crippen LogP contribution in [0.2, 0.25) is 0 Å². The van der Waals surface area contributed by atoms with Gasteiger partial charge in [0.25, 0.3) is 11.7 Å². The lowest BCUT2D eigenvalue weighted by Crippen LogP contribution is -2.29. The Morgan fingerprint density at radius 3 is 2.44 bits per heavy atom. The number of amides is 1. The maximum atomic E-state index is 13.2.